The number of carbonyl (C=O) groups is 1. The zero-order valence-corrected chi connectivity index (χ0v) is 10.3. The van der Waals surface area contributed by atoms with E-state index >= 15 is 0 Å². The average Bonchev–Trinajstić information content (AvgIpc) is 2.26. The second-order valence-corrected chi connectivity index (χ2v) is 3.81. The fraction of sp³-hybridized carbons (Fsp3) is 0.222. The maximum atomic E-state index is 10.8. The molecule has 0 aliphatic heterocycles. The number of ether oxygens (including phenoxy) is 2. The lowest BCUT2D eigenvalue weighted by molar-refractivity contribution is -0.123. The molecular weight excluding hydrogens is 311 g/mol. The molecule has 0 heterocycles. The Morgan fingerprint density at radius 3 is 2.87 bits per heavy atom. The third kappa shape index (κ3) is 3.56. The largest absolute Gasteiger partial charge is 0.497 e. The molecule has 15 heavy (non-hydrogen) atoms. The Hall–Kier alpha value is -1.02. The molecule has 0 aliphatic carbocycles. The van der Waals surface area contributed by atoms with E-state index in [2.05, 4.69) is 22.6 Å². The Balaban J connectivity index is 2.66. The van der Waals surface area contributed by atoms with Gasteiger partial charge in [-0.25, -0.2) is 5.84 Å². The lowest BCUT2D eigenvalue weighted by Gasteiger charge is -2.08. The van der Waals surface area contributed by atoms with Crippen LogP contribution in [0.15, 0.2) is 18.2 Å². The third-order valence-corrected chi connectivity index (χ3v) is 2.50. The minimum Gasteiger partial charge on any atom is -0.497 e. The van der Waals surface area contributed by atoms with E-state index in [4.69, 9.17) is 15.3 Å². The van der Waals surface area contributed by atoms with Crippen molar-refractivity contribution in [2.24, 2.45) is 5.84 Å². The van der Waals surface area contributed by atoms with E-state index in [1.807, 2.05) is 11.5 Å². The fourth-order valence-electron chi connectivity index (χ4n) is 0.911. The van der Waals surface area contributed by atoms with Crippen LogP contribution in [0.4, 0.5) is 0 Å². The van der Waals surface area contributed by atoms with Crippen LogP contribution in [-0.4, -0.2) is 19.6 Å². The van der Waals surface area contributed by atoms with Gasteiger partial charge >= 0.3 is 0 Å². The summed E-state index contributed by atoms with van der Waals surface area (Å²) in [4.78, 5) is 10.8. The number of amides is 1. The molecular formula is C9H11IN2O3. The predicted octanol–water partition coefficient (Wildman–Crippen LogP) is 0.668. The first-order valence-corrected chi connectivity index (χ1v) is 5.21. The smallest absolute Gasteiger partial charge is 0.271 e. The molecule has 0 unspecified atom stereocenters. The summed E-state index contributed by atoms with van der Waals surface area (Å²) < 4.78 is 11.1. The van der Waals surface area contributed by atoms with Crippen LogP contribution in [0.3, 0.4) is 0 Å². The Bertz CT molecular complexity index is 357. The van der Waals surface area contributed by atoms with Gasteiger partial charge in [0, 0.05) is 0 Å². The standard InChI is InChI=1S/C9H11IN2O3/c1-14-6-2-3-8(7(10)4-6)15-5-9(13)12-11/h2-4H,5,11H2,1H3,(H,12,13). The number of halogens is 1. The number of rotatable bonds is 4. The molecule has 1 aromatic carbocycles. The van der Waals surface area contributed by atoms with Gasteiger partial charge in [0.15, 0.2) is 6.61 Å². The summed E-state index contributed by atoms with van der Waals surface area (Å²) in [5.74, 6) is 5.92. The number of hydrogen-bond acceptors (Lipinski definition) is 4. The number of nitrogens with one attached hydrogen (secondary N) is 1. The van der Waals surface area contributed by atoms with Crippen LogP contribution in [0.2, 0.25) is 0 Å². The predicted molar refractivity (Wildman–Crippen MR) is 63.5 cm³/mol. The molecule has 1 rings (SSSR count). The fourth-order valence-corrected chi connectivity index (χ4v) is 1.55. The zero-order valence-electron chi connectivity index (χ0n) is 8.12. The van der Waals surface area contributed by atoms with Crippen molar-refractivity contribution in [1.82, 2.24) is 5.43 Å². The molecule has 0 aromatic heterocycles. The van der Waals surface area contributed by atoms with Gasteiger partial charge in [-0.2, -0.15) is 0 Å². The van der Waals surface area contributed by atoms with Gasteiger partial charge in [0.25, 0.3) is 5.91 Å². The van der Waals surface area contributed by atoms with Gasteiger partial charge in [-0.05, 0) is 40.8 Å². The zero-order chi connectivity index (χ0) is 11.3. The van der Waals surface area contributed by atoms with Crippen LogP contribution >= 0.6 is 22.6 Å². The molecule has 1 aromatic rings. The normalized spacial score (nSPS) is 9.53. The summed E-state index contributed by atoms with van der Waals surface area (Å²) in [5.41, 5.74) is 1.99. The number of carbonyl (C=O) groups excluding carboxylic acids is 1. The van der Waals surface area contributed by atoms with Gasteiger partial charge in [0.2, 0.25) is 0 Å². The topological polar surface area (TPSA) is 73.6 Å². The van der Waals surface area contributed by atoms with Crippen LogP contribution in [-0.2, 0) is 4.79 Å². The van der Waals surface area contributed by atoms with Crippen LogP contribution in [0.5, 0.6) is 11.5 Å². The molecule has 82 valence electrons. The van der Waals surface area contributed by atoms with Gasteiger partial charge in [-0.3, -0.25) is 10.2 Å². The van der Waals surface area contributed by atoms with Gasteiger partial charge in [0.1, 0.15) is 11.5 Å². The summed E-state index contributed by atoms with van der Waals surface area (Å²) in [7, 11) is 1.59. The number of methoxy groups -OCH3 is 1. The lowest BCUT2D eigenvalue weighted by atomic mass is 10.3. The minimum absolute atomic E-state index is 0.0984. The molecule has 6 heteroatoms. The second kappa shape index (κ2) is 5.76. The monoisotopic (exact) mass is 322 g/mol. The van der Waals surface area contributed by atoms with Gasteiger partial charge < -0.3 is 9.47 Å². The highest BCUT2D eigenvalue weighted by molar-refractivity contribution is 14.1. The van der Waals surface area contributed by atoms with E-state index in [0.29, 0.717) is 5.75 Å². The number of hydrogen-bond donors (Lipinski definition) is 2. The quantitative estimate of drug-likeness (QED) is 0.370. The summed E-state index contributed by atoms with van der Waals surface area (Å²) >= 11 is 2.10. The van der Waals surface area contributed by atoms with Crippen molar-refractivity contribution in [3.8, 4) is 11.5 Å². The second-order valence-electron chi connectivity index (χ2n) is 2.65. The van der Waals surface area contributed by atoms with E-state index in [1.54, 1.807) is 19.2 Å². The first kappa shape index (κ1) is 12.1. The molecule has 0 aliphatic rings. The number of hydrazine groups is 1. The summed E-state index contributed by atoms with van der Waals surface area (Å²) in [6, 6.07) is 5.32. The van der Waals surface area contributed by atoms with E-state index in [9.17, 15) is 4.79 Å². The molecule has 1 amide bonds. The first-order chi connectivity index (χ1) is 7.17. The highest BCUT2D eigenvalue weighted by atomic mass is 127. The molecule has 0 saturated heterocycles. The third-order valence-electron chi connectivity index (χ3n) is 1.66. The lowest BCUT2D eigenvalue weighted by Crippen LogP contribution is -2.34. The minimum atomic E-state index is -0.374. The van der Waals surface area contributed by atoms with Crippen molar-refractivity contribution >= 4 is 28.5 Å². The van der Waals surface area contributed by atoms with Crippen LogP contribution in [0, 0.1) is 3.57 Å². The Morgan fingerprint density at radius 2 is 2.33 bits per heavy atom. The van der Waals surface area contributed by atoms with Crippen LogP contribution < -0.4 is 20.7 Å². The average molecular weight is 322 g/mol. The van der Waals surface area contributed by atoms with Crippen LogP contribution in [0.1, 0.15) is 0 Å². The van der Waals surface area contributed by atoms with E-state index < -0.39 is 0 Å². The van der Waals surface area contributed by atoms with Gasteiger partial charge in [-0.15, -0.1) is 0 Å². The molecule has 0 saturated carbocycles. The molecule has 0 atom stereocenters. The van der Waals surface area contributed by atoms with E-state index in [1.165, 1.54) is 0 Å². The van der Waals surface area contributed by atoms with Crippen molar-refractivity contribution in [2.45, 2.75) is 0 Å². The molecule has 0 spiro atoms. The van der Waals surface area contributed by atoms with Crippen molar-refractivity contribution in [1.29, 1.82) is 0 Å². The van der Waals surface area contributed by atoms with Crippen molar-refractivity contribution < 1.29 is 14.3 Å². The highest BCUT2D eigenvalue weighted by Crippen LogP contribution is 2.25. The molecule has 5 nitrogen and oxygen atoms in total. The van der Waals surface area contributed by atoms with Gasteiger partial charge in [0.05, 0.1) is 10.7 Å². The Labute approximate surface area is 101 Å². The summed E-state index contributed by atoms with van der Waals surface area (Å²) in [6.45, 7) is -0.0984. The Morgan fingerprint density at radius 1 is 1.60 bits per heavy atom. The van der Waals surface area contributed by atoms with Crippen LogP contribution in [0.25, 0.3) is 0 Å². The number of benzene rings is 1. The van der Waals surface area contributed by atoms with Gasteiger partial charge in [-0.1, -0.05) is 0 Å². The molecule has 3 N–H and O–H groups in total. The number of nitrogens with two attached hydrogens (primary N) is 1. The van der Waals surface area contributed by atoms with E-state index in [-0.39, 0.29) is 12.5 Å². The van der Waals surface area contributed by atoms with Crippen molar-refractivity contribution in [3.63, 3.8) is 0 Å². The SMILES string of the molecule is COc1ccc(OCC(=O)NN)c(I)c1. The maximum Gasteiger partial charge on any atom is 0.271 e. The summed E-state index contributed by atoms with van der Waals surface area (Å²) in [5, 5.41) is 0. The summed E-state index contributed by atoms with van der Waals surface area (Å²) in [6.07, 6.45) is 0. The highest BCUT2D eigenvalue weighted by Gasteiger charge is 2.05. The molecule has 0 bridgehead atoms. The Kier molecular flexibility index (Phi) is 4.63. The molecule has 0 radical (unpaired) electrons. The van der Waals surface area contributed by atoms with Crippen molar-refractivity contribution in [2.75, 3.05) is 13.7 Å². The molecule has 0 fully saturated rings. The van der Waals surface area contributed by atoms with Crippen molar-refractivity contribution in [3.05, 3.63) is 21.8 Å². The van der Waals surface area contributed by atoms with E-state index in [0.717, 1.165) is 9.32 Å². The first-order valence-electron chi connectivity index (χ1n) is 4.13. The maximum absolute atomic E-state index is 10.8.